The van der Waals surface area contributed by atoms with Crippen molar-refractivity contribution in [3.05, 3.63) is 42.7 Å². The molecule has 1 aliphatic heterocycles. The van der Waals surface area contributed by atoms with Crippen molar-refractivity contribution < 1.29 is 12.8 Å². The lowest BCUT2D eigenvalue weighted by molar-refractivity contribution is 0.591. The largest absolute Gasteiger partial charge is 0.438 e. The number of nitrogens with zero attached hydrogens (tertiary/aromatic N) is 2. The van der Waals surface area contributed by atoms with Gasteiger partial charge in [0.2, 0.25) is 5.71 Å². The normalized spacial score (nSPS) is 19.6. The maximum Gasteiger partial charge on any atom is 0.231 e. The molecule has 0 spiro atoms. The van der Waals surface area contributed by atoms with E-state index in [1.54, 1.807) is 0 Å². The summed E-state index contributed by atoms with van der Waals surface area (Å²) in [4.78, 5) is 8.41. The molecule has 1 aliphatic rings. The molecule has 4 rings (SSSR count). The van der Waals surface area contributed by atoms with Crippen LogP contribution in [0.5, 0.6) is 0 Å². The summed E-state index contributed by atoms with van der Waals surface area (Å²) in [5.74, 6) is 1.60. The zero-order valence-corrected chi connectivity index (χ0v) is 13.8. The Labute approximate surface area is 139 Å². The average molecular weight is 343 g/mol. The van der Waals surface area contributed by atoms with Crippen LogP contribution in [0.15, 0.2) is 47.1 Å². The second kappa shape index (κ2) is 5.90. The highest BCUT2D eigenvalue weighted by Gasteiger charge is 2.31. The quantitative estimate of drug-likeness (QED) is 0.784. The molecule has 1 saturated heterocycles. The molecule has 0 bridgehead atoms. The van der Waals surface area contributed by atoms with E-state index in [1.807, 2.05) is 36.4 Å². The van der Waals surface area contributed by atoms with Crippen LogP contribution in [0.1, 0.15) is 12.8 Å². The maximum atomic E-state index is 11.9. The van der Waals surface area contributed by atoms with Crippen LogP contribution >= 0.6 is 0 Å². The lowest BCUT2D eigenvalue weighted by Crippen LogP contribution is -2.25. The van der Waals surface area contributed by atoms with Gasteiger partial charge in [-0.05, 0) is 18.9 Å². The number of hydrogen-bond donors (Lipinski definition) is 1. The van der Waals surface area contributed by atoms with Crippen molar-refractivity contribution >= 4 is 26.8 Å². The molecular weight excluding hydrogens is 326 g/mol. The van der Waals surface area contributed by atoms with E-state index in [1.165, 1.54) is 6.33 Å². The molecule has 1 atom stereocenters. The molecule has 1 N–H and O–H groups in total. The van der Waals surface area contributed by atoms with Gasteiger partial charge in [0.1, 0.15) is 17.9 Å². The number of aromatic nitrogens is 2. The molecule has 0 aliphatic carbocycles. The minimum Gasteiger partial charge on any atom is -0.438 e. The van der Waals surface area contributed by atoms with Crippen molar-refractivity contribution in [2.45, 2.75) is 18.1 Å². The summed E-state index contributed by atoms with van der Waals surface area (Å²) in [5.41, 5.74) is 1.44. The van der Waals surface area contributed by atoms with Gasteiger partial charge in [0.15, 0.2) is 9.84 Å². The third kappa shape index (κ3) is 2.75. The zero-order valence-electron chi connectivity index (χ0n) is 13.0. The first-order valence-corrected chi connectivity index (χ1v) is 9.60. The van der Waals surface area contributed by atoms with Crippen molar-refractivity contribution in [2.75, 3.05) is 17.6 Å². The molecule has 0 radical (unpaired) electrons. The first-order chi connectivity index (χ1) is 11.6. The Morgan fingerprint density at radius 3 is 2.79 bits per heavy atom. The fourth-order valence-corrected chi connectivity index (χ4v) is 4.80. The predicted molar refractivity (Wildman–Crippen MR) is 92.5 cm³/mol. The fourth-order valence-electron chi connectivity index (χ4n) is 3.04. The summed E-state index contributed by atoms with van der Waals surface area (Å²) < 4.78 is 29.7. The second-order valence-electron chi connectivity index (χ2n) is 5.93. The molecule has 7 heteroatoms. The van der Waals surface area contributed by atoms with Crippen LogP contribution in [0.4, 0.5) is 5.82 Å². The van der Waals surface area contributed by atoms with Gasteiger partial charge in [0, 0.05) is 12.1 Å². The number of furan rings is 1. The van der Waals surface area contributed by atoms with Gasteiger partial charge in [0.05, 0.1) is 16.4 Å². The van der Waals surface area contributed by atoms with Crippen LogP contribution in [-0.2, 0) is 9.84 Å². The number of benzene rings is 1. The molecule has 124 valence electrons. The molecule has 3 heterocycles. The number of rotatable bonds is 4. The topological polar surface area (TPSA) is 85.1 Å². The third-order valence-electron chi connectivity index (χ3n) is 4.35. The maximum absolute atomic E-state index is 11.9. The van der Waals surface area contributed by atoms with E-state index < -0.39 is 9.84 Å². The highest BCUT2D eigenvalue weighted by atomic mass is 32.2. The molecule has 1 fully saturated rings. The van der Waals surface area contributed by atoms with E-state index in [-0.39, 0.29) is 11.0 Å². The first kappa shape index (κ1) is 15.1. The van der Waals surface area contributed by atoms with Crippen molar-refractivity contribution in [2.24, 2.45) is 0 Å². The van der Waals surface area contributed by atoms with Crippen LogP contribution in [0, 0.1) is 0 Å². The minimum atomic E-state index is -2.98. The van der Waals surface area contributed by atoms with Gasteiger partial charge < -0.3 is 9.73 Å². The van der Waals surface area contributed by atoms with Crippen molar-refractivity contribution in [1.29, 1.82) is 0 Å². The van der Waals surface area contributed by atoms with E-state index in [9.17, 15) is 8.42 Å². The fraction of sp³-hybridized carbons (Fsp3) is 0.294. The predicted octanol–water partition coefficient (Wildman–Crippen LogP) is 2.88. The molecule has 0 amide bonds. The third-order valence-corrected chi connectivity index (χ3v) is 6.62. The van der Waals surface area contributed by atoms with E-state index >= 15 is 0 Å². The molecule has 1 unspecified atom stereocenters. The highest BCUT2D eigenvalue weighted by molar-refractivity contribution is 7.92. The van der Waals surface area contributed by atoms with Gasteiger partial charge in [-0.15, -0.1) is 0 Å². The number of fused-ring (bicyclic) bond motifs is 1. The van der Waals surface area contributed by atoms with Crippen molar-refractivity contribution in [3.8, 4) is 11.3 Å². The Morgan fingerprint density at radius 2 is 2.04 bits per heavy atom. The van der Waals surface area contributed by atoms with Gasteiger partial charge in [-0.25, -0.2) is 18.4 Å². The van der Waals surface area contributed by atoms with Crippen LogP contribution in [0.3, 0.4) is 0 Å². The van der Waals surface area contributed by atoms with Crippen LogP contribution in [0.2, 0.25) is 0 Å². The Hall–Kier alpha value is -2.41. The Bertz CT molecular complexity index is 967. The molecule has 1 aromatic carbocycles. The molecular formula is C17H17N3O3S. The van der Waals surface area contributed by atoms with Gasteiger partial charge >= 0.3 is 0 Å². The van der Waals surface area contributed by atoms with E-state index in [2.05, 4.69) is 15.3 Å². The smallest absolute Gasteiger partial charge is 0.231 e. The highest BCUT2D eigenvalue weighted by Crippen LogP contribution is 2.30. The van der Waals surface area contributed by atoms with E-state index in [4.69, 9.17) is 4.42 Å². The zero-order chi connectivity index (χ0) is 16.6. The van der Waals surface area contributed by atoms with Gasteiger partial charge in [-0.1, -0.05) is 30.3 Å². The summed E-state index contributed by atoms with van der Waals surface area (Å²) >= 11 is 0. The Morgan fingerprint density at radius 1 is 1.21 bits per heavy atom. The number of nitrogens with one attached hydrogen (secondary N) is 1. The Balaban J connectivity index is 1.63. The summed E-state index contributed by atoms with van der Waals surface area (Å²) in [6, 6.07) is 11.6. The summed E-state index contributed by atoms with van der Waals surface area (Å²) in [5, 5.41) is 3.57. The number of hydrogen-bond acceptors (Lipinski definition) is 6. The Kier molecular flexibility index (Phi) is 3.72. The molecule has 24 heavy (non-hydrogen) atoms. The van der Waals surface area contributed by atoms with Gasteiger partial charge in [-0.3, -0.25) is 0 Å². The standard InChI is InChI=1S/C17H17N3O3S/c21-24(22)8-4-7-13(24)10-18-16-14-9-15(12-5-2-1-3-6-12)23-17(14)20-11-19-16/h1-3,5-6,9,11,13H,4,7-8,10H2,(H,18,19,20). The van der Waals surface area contributed by atoms with Crippen LogP contribution < -0.4 is 5.32 Å². The van der Waals surface area contributed by atoms with E-state index in [0.717, 1.165) is 17.4 Å². The average Bonchev–Trinajstić information content (AvgIpc) is 3.17. The van der Waals surface area contributed by atoms with Gasteiger partial charge in [0.25, 0.3) is 0 Å². The summed E-state index contributed by atoms with van der Waals surface area (Å²) in [7, 11) is -2.98. The molecule has 3 aromatic rings. The molecule has 2 aromatic heterocycles. The SMILES string of the molecule is O=S1(=O)CCCC1CNc1ncnc2oc(-c3ccccc3)cc12. The summed E-state index contributed by atoms with van der Waals surface area (Å²) in [6.45, 7) is 0.361. The van der Waals surface area contributed by atoms with E-state index in [0.29, 0.717) is 30.3 Å². The van der Waals surface area contributed by atoms with Crippen LogP contribution in [0.25, 0.3) is 22.4 Å². The first-order valence-electron chi connectivity index (χ1n) is 7.89. The second-order valence-corrected chi connectivity index (χ2v) is 8.33. The summed E-state index contributed by atoms with van der Waals surface area (Å²) in [6.07, 6.45) is 2.86. The monoisotopic (exact) mass is 343 g/mol. The molecule has 0 saturated carbocycles. The number of sulfone groups is 1. The lowest BCUT2D eigenvalue weighted by Gasteiger charge is -2.11. The van der Waals surface area contributed by atoms with Crippen LogP contribution in [-0.4, -0.2) is 35.9 Å². The minimum absolute atomic E-state index is 0.280. The number of anilines is 1. The van der Waals surface area contributed by atoms with Crippen molar-refractivity contribution in [3.63, 3.8) is 0 Å². The molecule has 6 nitrogen and oxygen atoms in total. The van der Waals surface area contributed by atoms with Gasteiger partial charge in [-0.2, -0.15) is 0 Å². The lowest BCUT2D eigenvalue weighted by atomic mass is 10.2. The van der Waals surface area contributed by atoms with Crippen molar-refractivity contribution in [1.82, 2.24) is 9.97 Å².